The van der Waals surface area contributed by atoms with Gasteiger partial charge in [-0.3, -0.25) is 0 Å². The molecule has 0 radical (unpaired) electrons. The Morgan fingerprint density at radius 3 is 2.35 bits per heavy atom. The van der Waals surface area contributed by atoms with E-state index >= 15 is 0 Å². The van der Waals surface area contributed by atoms with E-state index in [1.807, 2.05) is 30.4 Å². The molecule has 0 aliphatic heterocycles. The number of aliphatic hydroxyl groups excluding tert-OH is 1. The van der Waals surface area contributed by atoms with Crippen LogP contribution in [0.2, 0.25) is 0 Å². The van der Waals surface area contributed by atoms with Crippen LogP contribution in [0.3, 0.4) is 0 Å². The molecule has 0 aromatic heterocycles. The molecule has 1 atom stereocenters. The molecule has 92 valence electrons. The molecule has 0 fully saturated rings. The Bertz CT molecular complexity index is 391. The van der Waals surface area contributed by atoms with Gasteiger partial charge in [-0.2, -0.15) is 0 Å². The Morgan fingerprint density at radius 1 is 1.35 bits per heavy atom. The molecule has 0 spiro atoms. The van der Waals surface area contributed by atoms with Crippen molar-refractivity contribution in [2.24, 2.45) is 0 Å². The van der Waals surface area contributed by atoms with Crippen molar-refractivity contribution in [3.63, 3.8) is 0 Å². The number of anilines is 1. The lowest BCUT2D eigenvalue weighted by atomic mass is 10.1. The molecule has 3 heteroatoms. The Labute approximate surface area is 111 Å². The summed E-state index contributed by atoms with van der Waals surface area (Å²) in [6.07, 6.45) is 3.27. The van der Waals surface area contributed by atoms with Crippen molar-refractivity contribution in [3.05, 3.63) is 53.5 Å². The predicted molar refractivity (Wildman–Crippen MR) is 77.4 cm³/mol. The van der Waals surface area contributed by atoms with Crippen LogP contribution in [0, 0.1) is 0 Å². The lowest BCUT2D eigenvalue weighted by molar-refractivity contribution is 0.199. The van der Waals surface area contributed by atoms with E-state index in [9.17, 15) is 5.11 Å². The zero-order valence-electron chi connectivity index (χ0n) is 10.1. The van der Waals surface area contributed by atoms with Crippen molar-refractivity contribution in [3.8, 4) is 0 Å². The van der Waals surface area contributed by atoms with Crippen LogP contribution < -0.4 is 4.90 Å². The van der Waals surface area contributed by atoms with Gasteiger partial charge in [-0.1, -0.05) is 18.2 Å². The number of hydrogen-bond donors (Lipinski definition) is 1. The van der Waals surface area contributed by atoms with Crippen molar-refractivity contribution in [1.82, 2.24) is 0 Å². The van der Waals surface area contributed by atoms with E-state index in [-0.39, 0.29) is 0 Å². The van der Waals surface area contributed by atoms with Crippen LogP contribution in [0.15, 0.2) is 48.0 Å². The largest absolute Gasteiger partial charge is 0.389 e. The van der Waals surface area contributed by atoms with Crippen LogP contribution in [0.1, 0.15) is 18.6 Å². The summed E-state index contributed by atoms with van der Waals surface area (Å²) < 4.78 is 0.972. The zero-order valence-corrected chi connectivity index (χ0v) is 11.7. The SMILES string of the molecule is C=CCN(CC=C)c1ccc(C(C)O)cc1Br. The summed E-state index contributed by atoms with van der Waals surface area (Å²) in [4.78, 5) is 2.15. The third kappa shape index (κ3) is 3.72. The van der Waals surface area contributed by atoms with Crippen LogP contribution in [0.4, 0.5) is 5.69 Å². The fourth-order valence-corrected chi connectivity index (χ4v) is 2.27. The summed E-state index contributed by atoms with van der Waals surface area (Å²) in [6, 6.07) is 5.88. The molecule has 1 aromatic carbocycles. The van der Waals surface area contributed by atoms with E-state index < -0.39 is 6.10 Å². The summed E-state index contributed by atoms with van der Waals surface area (Å²) in [5.41, 5.74) is 1.98. The third-order valence-corrected chi connectivity index (χ3v) is 3.13. The maximum Gasteiger partial charge on any atom is 0.0762 e. The highest BCUT2D eigenvalue weighted by atomic mass is 79.9. The first-order valence-electron chi connectivity index (χ1n) is 5.54. The van der Waals surface area contributed by atoms with Gasteiger partial charge in [0.2, 0.25) is 0 Å². The van der Waals surface area contributed by atoms with Crippen LogP contribution in [0.25, 0.3) is 0 Å². The summed E-state index contributed by atoms with van der Waals surface area (Å²) in [5.74, 6) is 0. The quantitative estimate of drug-likeness (QED) is 0.809. The van der Waals surface area contributed by atoms with Gasteiger partial charge in [0.25, 0.3) is 0 Å². The maximum absolute atomic E-state index is 9.52. The first kappa shape index (κ1) is 14.0. The van der Waals surface area contributed by atoms with E-state index in [1.165, 1.54) is 0 Å². The summed E-state index contributed by atoms with van der Waals surface area (Å²) >= 11 is 3.53. The number of halogens is 1. The second kappa shape index (κ2) is 6.62. The predicted octanol–water partition coefficient (Wildman–Crippen LogP) is 3.68. The van der Waals surface area contributed by atoms with Gasteiger partial charge in [-0.05, 0) is 40.5 Å². The molecule has 0 heterocycles. The van der Waals surface area contributed by atoms with Gasteiger partial charge < -0.3 is 10.0 Å². The Morgan fingerprint density at radius 2 is 1.94 bits per heavy atom. The summed E-state index contributed by atoms with van der Waals surface area (Å²) in [7, 11) is 0. The van der Waals surface area contributed by atoms with E-state index in [0.717, 1.165) is 28.8 Å². The van der Waals surface area contributed by atoms with E-state index in [0.29, 0.717) is 0 Å². The van der Waals surface area contributed by atoms with E-state index in [4.69, 9.17) is 0 Å². The summed E-state index contributed by atoms with van der Waals surface area (Å²) in [6.45, 7) is 10.8. The molecule has 0 amide bonds. The van der Waals surface area contributed by atoms with Crippen molar-refractivity contribution in [1.29, 1.82) is 0 Å². The Kier molecular flexibility index (Phi) is 5.45. The monoisotopic (exact) mass is 295 g/mol. The smallest absolute Gasteiger partial charge is 0.0762 e. The molecule has 17 heavy (non-hydrogen) atoms. The molecule has 0 saturated heterocycles. The fourth-order valence-electron chi connectivity index (χ4n) is 1.62. The van der Waals surface area contributed by atoms with Crippen molar-refractivity contribution in [2.45, 2.75) is 13.0 Å². The molecule has 2 nitrogen and oxygen atoms in total. The number of nitrogens with zero attached hydrogens (tertiary/aromatic N) is 1. The summed E-state index contributed by atoms with van der Waals surface area (Å²) in [5, 5.41) is 9.52. The molecular weight excluding hydrogens is 278 g/mol. The average molecular weight is 296 g/mol. The van der Waals surface area contributed by atoms with E-state index in [2.05, 4.69) is 34.0 Å². The molecule has 0 aliphatic rings. The van der Waals surface area contributed by atoms with Gasteiger partial charge in [0, 0.05) is 17.6 Å². The van der Waals surface area contributed by atoms with Crippen LogP contribution >= 0.6 is 15.9 Å². The number of aliphatic hydroxyl groups is 1. The van der Waals surface area contributed by atoms with Gasteiger partial charge in [0.05, 0.1) is 11.8 Å². The number of rotatable bonds is 6. The molecule has 0 aliphatic carbocycles. The highest BCUT2D eigenvalue weighted by Crippen LogP contribution is 2.29. The average Bonchev–Trinajstić information content (AvgIpc) is 2.28. The van der Waals surface area contributed by atoms with Crippen molar-refractivity contribution < 1.29 is 5.11 Å². The van der Waals surface area contributed by atoms with Crippen LogP contribution in [-0.2, 0) is 0 Å². The minimum Gasteiger partial charge on any atom is -0.389 e. The number of hydrogen-bond acceptors (Lipinski definition) is 2. The van der Waals surface area contributed by atoms with Crippen molar-refractivity contribution in [2.75, 3.05) is 18.0 Å². The second-order valence-electron chi connectivity index (χ2n) is 3.87. The first-order chi connectivity index (χ1) is 8.10. The minimum absolute atomic E-state index is 0.451. The fraction of sp³-hybridized carbons (Fsp3) is 0.286. The topological polar surface area (TPSA) is 23.5 Å². The molecule has 1 rings (SSSR count). The Balaban J connectivity index is 3.03. The standard InChI is InChI=1S/C14H18BrNO/c1-4-8-16(9-5-2)14-7-6-12(11(3)17)10-13(14)15/h4-7,10-11,17H,1-2,8-9H2,3H3. The maximum atomic E-state index is 9.52. The van der Waals surface area contributed by atoms with Gasteiger partial charge in [-0.25, -0.2) is 0 Å². The van der Waals surface area contributed by atoms with Crippen LogP contribution in [-0.4, -0.2) is 18.2 Å². The van der Waals surface area contributed by atoms with Gasteiger partial charge in [0.15, 0.2) is 0 Å². The third-order valence-electron chi connectivity index (χ3n) is 2.49. The zero-order chi connectivity index (χ0) is 12.8. The molecular formula is C14H18BrNO. The molecule has 1 aromatic rings. The molecule has 0 bridgehead atoms. The van der Waals surface area contributed by atoms with Crippen molar-refractivity contribution >= 4 is 21.6 Å². The van der Waals surface area contributed by atoms with Gasteiger partial charge in [0.1, 0.15) is 0 Å². The minimum atomic E-state index is -0.451. The van der Waals surface area contributed by atoms with Crippen LogP contribution in [0.5, 0.6) is 0 Å². The lowest BCUT2D eigenvalue weighted by Crippen LogP contribution is -2.23. The normalized spacial score (nSPS) is 11.9. The Hall–Kier alpha value is -1.06. The second-order valence-corrected chi connectivity index (χ2v) is 4.72. The molecule has 1 N–H and O–H groups in total. The highest BCUT2D eigenvalue weighted by Gasteiger charge is 2.09. The van der Waals surface area contributed by atoms with E-state index in [1.54, 1.807) is 6.92 Å². The van der Waals surface area contributed by atoms with Gasteiger partial charge in [-0.15, -0.1) is 13.2 Å². The molecule has 0 saturated carbocycles. The first-order valence-corrected chi connectivity index (χ1v) is 6.33. The lowest BCUT2D eigenvalue weighted by Gasteiger charge is -2.23. The highest BCUT2D eigenvalue weighted by molar-refractivity contribution is 9.10. The molecule has 1 unspecified atom stereocenters. The number of benzene rings is 1. The van der Waals surface area contributed by atoms with Gasteiger partial charge >= 0.3 is 0 Å².